The number of carbonyl (C=O) groups is 1. The summed E-state index contributed by atoms with van der Waals surface area (Å²) in [5, 5.41) is 9.86. The minimum absolute atomic E-state index is 0.0429. The Hall–Kier alpha value is -3.73. The highest BCUT2D eigenvalue weighted by Crippen LogP contribution is 2.27. The van der Waals surface area contributed by atoms with E-state index in [9.17, 15) is 9.90 Å². The van der Waals surface area contributed by atoms with Gasteiger partial charge in [-0.3, -0.25) is 9.69 Å². The summed E-state index contributed by atoms with van der Waals surface area (Å²) in [6, 6.07) is 40.8. The van der Waals surface area contributed by atoms with Gasteiger partial charge in [0, 0.05) is 31.6 Å². The fourth-order valence-electron chi connectivity index (χ4n) is 6.16. The minimum atomic E-state index is -0.134. The van der Waals surface area contributed by atoms with Crippen molar-refractivity contribution in [2.75, 3.05) is 13.2 Å². The molecule has 41 heavy (non-hydrogen) atoms. The Morgan fingerprint density at radius 1 is 0.780 bits per heavy atom. The van der Waals surface area contributed by atoms with Gasteiger partial charge < -0.3 is 10.0 Å². The van der Waals surface area contributed by atoms with Crippen LogP contribution in [0.25, 0.3) is 11.1 Å². The molecule has 1 amide bonds. The lowest BCUT2D eigenvalue weighted by Crippen LogP contribution is -2.44. The van der Waals surface area contributed by atoms with Gasteiger partial charge in [-0.2, -0.15) is 0 Å². The van der Waals surface area contributed by atoms with Crippen LogP contribution >= 0.6 is 0 Å². The SMILES string of the molecule is CC(CC(Cc1ccc(-c2ccccc2)cc1)N(Cc1ccccc1)Cc1ccccc1)C(=O)N1CCCC1CO. The Morgan fingerprint density at radius 3 is 1.88 bits per heavy atom. The number of rotatable bonds is 12. The van der Waals surface area contributed by atoms with Crippen molar-refractivity contribution in [2.24, 2.45) is 5.92 Å². The van der Waals surface area contributed by atoms with E-state index in [2.05, 4.69) is 121 Å². The van der Waals surface area contributed by atoms with Crippen LogP contribution in [0.1, 0.15) is 42.9 Å². The van der Waals surface area contributed by atoms with Gasteiger partial charge in [0.2, 0.25) is 5.91 Å². The molecule has 4 heteroatoms. The molecule has 3 atom stereocenters. The van der Waals surface area contributed by atoms with Gasteiger partial charge in [0.1, 0.15) is 0 Å². The molecule has 1 saturated heterocycles. The van der Waals surface area contributed by atoms with E-state index >= 15 is 0 Å². The quantitative estimate of drug-likeness (QED) is 0.209. The number of aliphatic hydroxyl groups is 1. The van der Waals surface area contributed by atoms with Crippen LogP contribution in [0.15, 0.2) is 115 Å². The number of nitrogens with zero attached hydrogens (tertiary/aromatic N) is 2. The van der Waals surface area contributed by atoms with E-state index in [-0.39, 0.29) is 30.5 Å². The van der Waals surface area contributed by atoms with E-state index in [1.165, 1.54) is 27.8 Å². The van der Waals surface area contributed by atoms with Crippen molar-refractivity contribution in [3.8, 4) is 11.1 Å². The summed E-state index contributed by atoms with van der Waals surface area (Å²) in [5.74, 6) is 0.0372. The summed E-state index contributed by atoms with van der Waals surface area (Å²) < 4.78 is 0. The van der Waals surface area contributed by atoms with E-state index in [1.54, 1.807) is 0 Å². The highest BCUT2D eigenvalue weighted by Gasteiger charge is 2.33. The Kier molecular flexibility index (Phi) is 10.0. The fourth-order valence-corrected chi connectivity index (χ4v) is 6.16. The smallest absolute Gasteiger partial charge is 0.225 e. The van der Waals surface area contributed by atoms with Gasteiger partial charge in [0.05, 0.1) is 12.6 Å². The third-order valence-electron chi connectivity index (χ3n) is 8.42. The second-order valence-corrected chi connectivity index (χ2v) is 11.4. The fraction of sp³-hybridized carbons (Fsp3) is 0.324. The number of likely N-dealkylation sites (tertiary alicyclic amines) is 1. The highest BCUT2D eigenvalue weighted by atomic mass is 16.3. The first-order chi connectivity index (χ1) is 20.1. The van der Waals surface area contributed by atoms with Gasteiger partial charge in [0.25, 0.3) is 0 Å². The topological polar surface area (TPSA) is 43.8 Å². The molecule has 212 valence electrons. The first-order valence-electron chi connectivity index (χ1n) is 15.0. The Labute approximate surface area is 245 Å². The second-order valence-electron chi connectivity index (χ2n) is 11.4. The van der Waals surface area contributed by atoms with E-state index in [0.717, 1.165) is 45.3 Å². The predicted molar refractivity (Wildman–Crippen MR) is 167 cm³/mol. The molecule has 5 rings (SSSR count). The first-order valence-corrected chi connectivity index (χ1v) is 15.0. The number of benzene rings is 4. The number of hydrogen-bond acceptors (Lipinski definition) is 3. The van der Waals surface area contributed by atoms with Gasteiger partial charge in [-0.1, -0.05) is 122 Å². The predicted octanol–water partition coefficient (Wildman–Crippen LogP) is 6.98. The molecule has 0 spiro atoms. The molecule has 3 unspecified atom stereocenters. The second kappa shape index (κ2) is 14.2. The summed E-state index contributed by atoms with van der Waals surface area (Å²) in [6.45, 7) is 4.49. The van der Waals surface area contributed by atoms with Crippen LogP contribution in [-0.4, -0.2) is 46.0 Å². The zero-order valence-corrected chi connectivity index (χ0v) is 24.1. The molecule has 4 aromatic rings. The summed E-state index contributed by atoms with van der Waals surface area (Å²) in [7, 11) is 0. The maximum Gasteiger partial charge on any atom is 0.225 e. The van der Waals surface area contributed by atoms with E-state index in [1.807, 2.05) is 11.0 Å². The molecule has 1 fully saturated rings. The van der Waals surface area contributed by atoms with Crippen LogP contribution in [0.4, 0.5) is 0 Å². The van der Waals surface area contributed by atoms with Crippen LogP contribution in [0.5, 0.6) is 0 Å². The van der Waals surface area contributed by atoms with Crippen LogP contribution < -0.4 is 0 Å². The van der Waals surface area contributed by atoms with Gasteiger partial charge in [-0.05, 0) is 53.5 Å². The zero-order valence-electron chi connectivity index (χ0n) is 24.1. The molecule has 4 aromatic carbocycles. The molecule has 1 N–H and O–H groups in total. The number of amides is 1. The lowest BCUT2D eigenvalue weighted by Gasteiger charge is -2.35. The Bertz CT molecular complexity index is 1300. The van der Waals surface area contributed by atoms with Gasteiger partial charge in [0.15, 0.2) is 0 Å². The summed E-state index contributed by atoms with van der Waals surface area (Å²) >= 11 is 0. The van der Waals surface area contributed by atoms with Crippen molar-refractivity contribution >= 4 is 5.91 Å². The summed E-state index contributed by atoms with van der Waals surface area (Å²) in [4.78, 5) is 18.1. The molecule has 0 radical (unpaired) electrons. The molecular weight excluding hydrogens is 504 g/mol. The normalized spacial score (nSPS) is 16.6. The van der Waals surface area contributed by atoms with Gasteiger partial charge in [-0.15, -0.1) is 0 Å². The first kappa shape index (κ1) is 28.8. The van der Waals surface area contributed by atoms with Crippen molar-refractivity contribution in [3.63, 3.8) is 0 Å². The van der Waals surface area contributed by atoms with Crippen LogP contribution in [0.3, 0.4) is 0 Å². The third-order valence-corrected chi connectivity index (χ3v) is 8.42. The average molecular weight is 547 g/mol. The van der Waals surface area contributed by atoms with Crippen molar-refractivity contribution in [3.05, 3.63) is 132 Å². The molecule has 0 bridgehead atoms. The zero-order chi connectivity index (χ0) is 28.4. The largest absolute Gasteiger partial charge is 0.394 e. The maximum atomic E-state index is 13.6. The van der Waals surface area contributed by atoms with E-state index in [0.29, 0.717) is 0 Å². The summed E-state index contributed by atoms with van der Waals surface area (Å²) in [5.41, 5.74) is 6.24. The number of hydrogen-bond donors (Lipinski definition) is 1. The maximum absolute atomic E-state index is 13.6. The minimum Gasteiger partial charge on any atom is -0.394 e. The molecule has 0 aromatic heterocycles. The average Bonchev–Trinajstić information content (AvgIpc) is 3.51. The highest BCUT2D eigenvalue weighted by molar-refractivity contribution is 5.79. The van der Waals surface area contributed by atoms with Gasteiger partial charge >= 0.3 is 0 Å². The van der Waals surface area contributed by atoms with Crippen molar-refractivity contribution in [1.29, 1.82) is 0 Å². The molecule has 1 aliphatic heterocycles. The lowest BCUT2D eigenvalue weighted by molar-refractivity contribution is -0.137. The van der Waals surface area contributed by atoms with Crippen LogP contribution in [0.2, 0.25) is 0 Å². The molecule has 1 heterocycles. The Morgan fingerprint density at radius 2 is 1.32 bits per heavy atom. The lowest BCUT2D eigenvalue weighted by atomic mass is 9.92. The van der Waals surface area contributed by atoms with Crippen LogP contribution in [0, 0.1) is 5.92 Å². The van der Waals surface area contributed by atoms with Crippen molar-refractivity contribution in [2.45, 2.75) is 57.8 Å². The molecular formula is C37H42N2O2. The molecule has 1 aliphatic rings. The number of aliphatic hydroxyl groups excluding tert-OH is 1. The van der Waals surface area contributed by atoms with Gasteiger partial charge in [-0.25, -0.2) is 0 Å². The molecule has 0 aliphatic carbocycles. The third kappa shape index (κ3) is 7.72. The van der Waals surface area contributed by atoms with Crippen molar-refractivity contribution in [1.82, 2.24) is 9.80 Å². The molecule has 0 saturated carbocycles. The summed E-state index contributed by atoms with van der Waals surface area (Å²) in [6.07, 6.45) is 3.47. The van der Waals surface area contributed by atoms with Crippen LogP contribution in [-0.2, 0) is 24.3 Å². The standard InChI is InChI=1S/C37H42N2O2/c1-29(37(41)39-23-11-18-35(39)28-40)24-36(25-30-19-21-34(22-20-30)33-16-9-4-10-17-33)38(26-31-12-5-2-6-13-31)27-32-14-7-3-8-15-32/h2-10,12-17,19-22,29,35-36,40H,11,18,23-28H2,1H3. The van der Waals surface area contributed by atoms with Crippen molar-refractivity contribution < 1.29 is 9.90 Å². The number of carbonyl (C=O) groups excluding carboxylic acids is 1. The monoisotopic (exact) mass is 546 g/mol. The Balaban J connectivity index is 1.42. The van der Waals surface area contributed by atoms with E-state index < -0.39 is 0 Å². The molecule has 4 nitrogen and oxygen atoms in total. The van der Waals surface area contributed by atoms with E-state index in [4.69, 9.17) is 0 Å².